The van der Waals surface area contributed by atoms with Gasteiger partial charge in [-0.25, -0.2) is 0 Å². The Labute approximate surface area is 86.0 Å². The van der Waals surface area contributed by atoms with Gasteiger partial charge in [0.1, 0.15) is 0 Å². The summed E-state index contributed by atoms with van der Waals surface area (Å²) in [6.45, 7) is 7.02. The van der Waals surface area contributed by atoms with Crippen LogP contribution in [0.15, 0.2) is 29.4 Å². The molecule has 76 valence electrons. The fourth-order valence-electron chi connectivity index (χ4n) is 2.51. The molecule has 0 aromatic rings. The molecule has 1 aliphatic carbocycles. The normalized spacial score (nSPS) is 36.4. The van der Waals surface area contributed by atoms with E-state index >= 15 is 0 Å². The van der Waals surface area contributed by atoms with Crippen molar-refractivity contribution in [2.45, 2.75) is 25.8 Å². The van der Waals surface area contributed by atoms with E-state index in [1.54, 1.807) is 0 Å². The van der Waals surface area contributed by atoms with E-state index in [0.717, 1.165) is 18.9 Å². The van der Waals surface area contributed by atoms with Crippen molar-refractivity contribution in [3.8, 4) is 0 Å². The molecule has 3 unspecified atom stereocenters. The van der Waals surface area contributed by atoms with E-state index < -0.39 is 0 Å². The van der Waals surface area contributed by atoms with Gasteiger partial charge in [0, 0.05) is 19.2 Å². The molecule has 1 saturated heterocycles. The molecule has 3 atom stereocenters. The highest BCUT2D eigenvalue weighted by Gasteiger charge is 2.33. The van der Waals surface area contributed by atoms with Crippen LogP contribution in [0.5, 0.6) is 0 Å². The highest BCUT2D eigenvalue weighted by Crippen LogP contribution is 2.31. The second kappa shape index (κ2) is 3.99. The largest absolute Gasteiger partial charge is 0.294 e. The van der Waals surface area contributed by atoms with Crippen LogP contribution in [-0.2, 0) is 0 Å². The lowest BCUT2D eigenvalue weighted by Crippen LogP contribution is -2.30. The molecule has 2 nitrogen and oxygen atoms in total. The average molecular weight is 190 g/mol. The Morgan fingerprint density at radius 3 is 2.93 bits per heavy atom. The Morgan fingerprint density at radius 2 is 2.29 bits per heavy atom. The molecule has 2 rings (SSSR count). The van der Waals surface area contributed by atoms with Gasteiger partial charge in [-0.3, -0.25) is 5.01 Å². The molecule has 0 amide bonds. The van der Waals surface area contributed by atoms with Gasteiger partial charge < -0.3 is 0 Å². The third-order valence-corrected chi connectivity index (χ3v) is 3.22. The zero-order valence-corrected chi connectivity index (χ0v) is 8.76. The van der Waals surface area contributed by atoms with Crippen molar-refractivity contribution >= 4 is 6.72 Å². The molecule has 0 bridgehead atoms. The Morgan fingerprint density at radius 1 is 1.43 bits per heavy atom. The van der Waals surface area contributed by atoms with Gasteiger partial charge >= 0.3 is 0 Å². The van der Waals surface area contributed by atoms with Crippen LogP contribution in [0.4, 0.5) is 0 Å². The molecule has 14 heavy (non-hydrogen) atoms. The molecule has 1 fully saturated rings. The van der Waals surface area contributed by atoms with Crippen molar-refractivity contribution in [2.24, 2.45) is 16.9 Å². The third kappa shape index (κ3) is 1.74. The Bertz CT molecular complexity index is 267. The van der Waals surface area contributed by atoms with Crippen LogP contribution in [0.2, 0.25) is 0 Å². The summed E-state index contributed by atoms with van der Waals surface area (Å²) < 4.78 is 0. The summed E-state index contributed by atoms with van der Waals surface area (Å²) >= 11 is 0. The van der Waals surface area contributed by atoms with Crippen LogP contribution in [0.3, 0.4) is 0 Å². The predicted molar refractivity (Wildman–Crippen MR) is 60.2 cm³/mol. The van der Waals surface area contributed by atoms with Crippen molar-refractivity contribution in [3.05, 3.63) is 24.3 Å². The maximum atomic E-state index is 4.12. The van der Waals surface area contributed by atoms with Gasteiger partial charge in [0.15, 0.2) is 0 Å². The summed E-state index contributed by atoms with van der Waals surface area (Å²) in [5.41, 5.74) is 0. The van der Waals surface area contributed by atoms with Crippen molar-refractivity contribution in [1.29, 1.82) is 0 Å². The maximum absolute atomic E-state index is 4.12. The van der Waals surface area contributed by atoms with E-state index in [9.17, 15) is 0 Å². The molecule has 0 radical (unpaired) electrons. The fraction of sp³-hybridized carbons (Fsp3) is 0.583. The molecule has 0 aromatic heterocycles. The first-order chi connectivity index (χ1) is 6.81. The number of hydrazone groups is 1. The van der Waals surface area contributed by atoms with Crippen LogP contribution in [-0.4, -0.2) is 24.3 Å². The minimum atomic E-state index is 0.573. The molecule has 2 heteroatoms. The van der Waals surface area contributed by atoms with Crippen molar-refractivity contribution < 1.29 is 0 Å². The topological polar surface area (TPSA) is 15.6 Å². The highest BCUT2D eigenvalue weighted by atomic mass is 15.5. The van der Waals surface area contributed by atoms with Crippen LogP contribution >= 0.6 is 0 Å². The van der Waals surface area contributed by atoms with Gasteiger partial charge in [-0.15, -0.1) is 0 Å². The lowest BCUT2D eigenvalue weighted by molar-refractivity contribution is 0.221. The average Bonchev–Trinajstić information content (AvgIpc) is 2.61. The van der Waals surface area contributed by atoms with Gasteiger partial charge in [-0.1, -0.05) is 31.2 Å². The van der Waals surface area contributed by atoms with E-state index in [-0.39, 0.29) is 0 Å². The summed E-state index contributed by atoms with van der Waals surface area (Å²) in [5, 5.41) is 6.29. The maximum Gasteiger partial charge on any atom is 0.0539 e. The van der Waals surface area contributed by atoms with Crippen LogP contribution in [0, 0.1) is 11.8 Å². The standard InChI is InChI=1S/C12H18N2/c1-10-8-12(14(9-10)13-2)11-6-4-3-5-7-11/h3-6,10-12H,2,7-9H2,1H3. The van der Waals surface area contributed by atoms with Gasteiger partial charge in [-0.05, 0) is 18.8 Å². The van der Waals surface area contributed by atoms with Crippen molar-refractivity contribution in [3.63, 3.8) is 0 Å². The van der Waals surface area contributed by atoms with Crippen molar-refractivity contribution in [1.82, 2.24) is 5.01 Å². The second-order valence-corrected chi connectivity index (χ2v) is 4.38. The summed E-state index contributed by atoms with van der Waals surface area (Å²) in [5.74, 6) is 1.39. The van der Waals surface area contributed by atoms with E-state index in [1.807, 2.05) is 0 Å². The number of allylic oxidation sites excluding steroid dienone is 3. The quantitative estimate of drug-likeness (QED) is 0.611. The smallest absolute Gasteiger partial charge is 0.0539 e. The molecule has 1 aliphatic heterocycles. The number of hydrogen-bond donors (Lipinski definition) is 0. The molecule has 1 heterocycles. The molecule has 0 aromatic carbocycles. The SMILES string of the molecule is C=NN1CC(C)CC1C1C=CC=CC1. The van der Waals surface area contributed by atoms with E-state index in [1.165, 1.54) is 6.42 Å². The molecule has 0 N–H and O–H groups in total. The van der Waals surface area contributed by atoms with E-state index in [4.69, 9.17) is 0 Å². The molecular formula is C12H18N2. The van der Waals surface area contributed by atoms with E-state index in [2.05, 4.69) is 48.1 Å². The summed E-state index contributed by atoms with van der Waals surface area (Å²) in [4.78, 5) is 0. The summed E-state index contributed by atoms with van der Waals surface area (Å²) in [6, 6.07) is 0.573. The first-order valence-electron chi connectivity index (χ1n) is 5.38. The number of rotatable bonds is 2. The second-order valence-electron chi connectivity index (χ2n) is 4.38. The molecule has 0 saturated carbocycles. The number of hydrogen-bond acceptors (Lipinski definition) is 2. The molecule has 0 spiro atoms. The summed E-state index contributed by atoms with van der Waals surface area (Å²) in [7, 11) is 0. The van der Waals surface area contributed by atoms with Crippen molar-refractivity contribution in [2.75, 3.05) is 6.54 Å². The first kappa shape index (κ1) is 9.50. The lowest BCUT2D eigenvalue weighted by Gasteiger charge is -2.27. The monoisotopic (exact) mass is 190 g/mol. The molecular weight excluding hydrogens is 172 g/mol. The van der Waals surface area contributed by atoms with Crippen LogP contribution in [0.25, 0.3) is 0 Å². The minimum absolute atomic E-state index is 0.573. The number of nitrogens with zero attached hydrogens (tertiary/aromatic N) is 2. The lowest BCUT2D eigenvalue weighted by atomic mass is 9.90. The van der Waals surface area contributed by atoms with Gasteiger partial charge in [0.2, 0.25) is 0 Å². The van der Waals surface area contributed by atoms with Gasteiger partial charge in [-0.2, -0.15) is 5.10 Å². The Hall–Kier alpha value is -1.05. The van der Waals surface area contributed by atoms with Gasteiger partial charge in [0.25, 0.3) is 0 Å². The van der Waals surface area contributed by atoms with Crippen LogP contribution < -0.4 is 0 Å². The summed E-state index contributed by atoms with van der Waals surface area (Å²) in [6.07, 6.45) is 11.2. The van der Waals surface area contributed by atoms with Gasteiger partial charge in [0.05, 0.1) is 6.04 Å². The third-order valence-electron chi connectivity index (χ3n) is 3.22. The molecule has 2 aliphatic rings. The highest BCUT2D eigenvalue weighted by molar-refractivity contribution is 5.23. The minimum Gasteiger partial charge on any atom is -0.294 e. The fourth-order valence-corrected chi connectivity index (χ4v) is 2.51. The first-order valence-corrected chi connectivity index (χ1v) is 5.38. The zero-order chi connectivity index (χ0) is 9.97. The zero-order valence-electron chi connectivity index (χ0n) is 8.76. The Kier molecular flexibility index (Phi) is 2.71. The van der Waals surface area contributed by atoms with E-state index in [0.29, 0.717) is 12.0 Å². The Balaban J connectivity index is 2.05. The predicted octanol–water partition coefficient (Wildman–Crippen LogP) is 2.44. The van der Waals surface area contributed by atoms with Crippen LogP contribution in [0.1, 0.15) is 19.8 Å².